The summed E-state index contributed by atoms with van der Waals surface area (Å²) < 4.78 is 0.924. The average molecular weight is 655 g/mol. The van der Waals surface area contributed by atoms with E-state index in [9.17, 15) is 29.7 Å². The van der Waals surface area contributed by atoms with Crippen LogP contribution in [0.3, 0.4) is 0 Å². The van der Waals surface area contributed by atoms with Gasteiger partial charge in [0.2, 0.25) is 17.7 Å². The number of phenolic OH excluding ortho intramolecular Hbond substituents is 2. The zero-order valence-corrected chi connectivity index (χ0v) is 24.6. The van der Waals surface area contributed by atoms with Gasteiger partial charge in [-0.2, -0.15) is 0 Å². The van der Waals surface area contributed by atoms with Crippen molar-refractivity contribution in [1.82, 2.24) is 30.9 Å². The van der Waals surface area contributed by atoms with Gasteiger partial charge in [0.05, 0.1) is 12.4 Å². The summed E-state index contributed by atoms with van der Waals surface area (Å²) >= 11 is 3.44. The Hall–Kier alpha value is -4.66. The van der Waals surface area contributed by atoms with E-state index in [2.05, 4.69) is 46.8 Å². The van der Waals surface area contributed by atoms with Crippen molar-refractivity contribution in [1.29, 1.82) is 0 Å². The van der Waals surface area contributed by atoms with Crippen molar-refractivity contribution in [3.8, 4) is 11.5 Å². The molecule has 0 spiro atoms. The third kappa shape index (κ3) is 8.22. The number of aromatic amines is 2. The van der Waals surface area contributed by atoms with Crippen LogP contribution < -0.4 is 21.7 Å². The van der Waals surface area contributed by atoms with Crippen LogP contribution in [-0.2, 0) is 27.2 Å². The van der Waals surface area contributed by atoms with E-state index in [1.165, 1.54) is 43.8 Å². The van der Waals surface area contributed by atoms with Crippen LogP contribution in [0.4, 0.5) is 0 Å². The Morgan fingerprint density at radius 3 is 2.44 bits per heavy atom. The SMILES string of the molecule is CC(O)C(N)C(=O)NC(Cc1ccc(O)c(O)c1)C(=O)NC(Cc1cnc[nH]1)C(=O)N/C=C\c1c[nH]c2cc(Br)ccc12. The molecule has 2 aromatic heterocycles. The third-order valence-corrected chi connectivity index (χ3v) is 7.20. The van der Waals surface area contributed by atoms with Crippen molar-refractivity contribution in [2.24, 2.45) is 5.73 Å². The maximum absolute atomic E-state index is 13.5. The van der Waals surface area contributed by atoms with Crippen LogP contribution in [0, 0.1) is 0 Å². The van der Waals surface area contributed by atoms with Gasteiger partial charge in [-0.15, -0.1) is 0 Å². The molecule has 14 heteroatoms. The lowest BCUT2D eigenvalue weighted by molar-refractivity contribution is -0.132. The van der Waals surface area contributed by atoms with Gasteiger partial charge in [-0.1, -0.05) is 28.1 Å². The van der Waals surface area contributed by atoms with Crippen molar-refractivity contribution in [3.63, 3.8) is 0 Å². The molecule has 4 unspecified atom stereocenters. The van der Waals surface area contributed by atoms with E-state index in [1.54, 1.807) is 12.3 Å². The number of nitrogens with one attached hydrogen (secondary N) is 5. The number of nitrogens with two attached hydrogens (primary N) is 1. The average Bonchev–Trinajstić information content (AvgIpc) is 3.63. The Morgan fingerprint density at radius 1 is 1.00 bits per heavy atom. The fraction of sp³-hybridized carbons (Fsp3) is 0.241. The zero-order valence-electron chi connectivity index (χ0n) is 23.0. The number of aromatic nitrogens is 3. The number of benzene rings is 2. The van der Waals surface area contributed by atoms with Gasteiger partial charge in [0.1, 0.15) is 18.1 Å². The van der Waals surface area contributed by atoms with Gasteiger partial charge in [-0.05, 0) is 42.8 Å². The van der Waals surface area contributed by atoms with Gasteiger partial charge < -0.3 is 47.0 Å². The quantitative estimate of drug-likeness (QED) is 0.101. The van der Waals surface area contributed by atoms with Gasteiger partial charge >= 0.3 is 0 Å². The predicted molar refractivity (Wildman–Crippen MR) is 162 cm³/mol. The standard InChI is InChI=1S/C29H32BrN7O6/c1-15(38)26(31)29(43)37-22(8-16-2-5-24(39)25(40)9-16)28(42)36-23(11-19-13-32-14-35-19)27(41)33-7-6-17-12-34-21-10-18(30)3-4-20(17)21/h2-7,9-10,12-15,22-23,26,34,38-40H,8,11,31H2,1H3,(H,32,35)(H,33,41)(H,36,42)(H,37,43)/b7-6-. The highest BCUT2D eigenvalue weighted by Gasteiger charge is 2.30. The summed E-state index contributed by atoms with van der Waals surface area (Å²) in [5.74, 6) is -2.80. The molecule has 2 heterocycles. The third-order valence-electron chi connectivity index (χ3n) is 6.71. The number of H-pyrrole nitrogens is 2. The number of carbonyl (C=O) groups is 3. The fourth-order valence-corrected chi connectivity index (χ4v) is 4.66. The number of fused-ring (bicyclic) bond motifs is 1. The zero-order chi connectivity index (χ0) is 31.1. The monoisotopic (exact) mass is 653 g/mol. The van der Waals surface area contributed by atoms with Crippen LogP contribution in [0.5, 0.6) is 11.5 Å². The van der Waals surface area contributed by atoms with E-state index in [-0.39, 0.29) is 18.6 Å². The number of imidazole rings is 1. The van der Waals surface area contributed by atoms with E-state index < -0.39 is 47.7 Å². The van der Waals surface area contributed by atoms with Gasteiger partial charge in [-0.25, -0.2) is 4.98 Å². The Kier molecular flexibility index (Phi) is 10.2. The van der Waals surface area contributed by atoms with Crippen molar-refractivity contribution in [2.75, 3.05) is 0 Å². The Balaban J connectivity index is 1.53. The summed E-state index contributed by atoms with van der Waals surface area (Å²) in [6.07, 6.45) is 6.71. The number of aliphatic hydroxyl groups excluding tert-OH is 1. The maximum atomic E-state index is 13.5. The first-order valence-electron chi connectivity index (χ1n) is 13.3. The molecule has 0 bridgehead atoms. The number of hydrogen-bond donors (Lipinski definition) is 9. The summed E-state index contributed by atoms with van der Waals surface area (Å²) in [7, 11) is 0. The predicted octanol–water partition coefficient (Wildman–Crippen LogP) is 1.31. The van der Waals surface area contributed by atoms with Crippen molar-refractivity contribution >= 4 is 50.6 Å². The normalized spacial score (nSPS) is 14.2. The van der Waals surface area contributed by atoms with Gasteiger partial charge in [0.15, 0.2) is 11.5 Å². The molecule has 2 aromatic carbocycles. The number of phenols is 2. The highest BCUT2D eigenvalue weighted by molar-refractivity contribution is 9.10. The Bertz CT molecular complexity index is 1620. The maximum Gasteiger partial charge on any atom is 0.246 e. The molecule has 3 amide bonds. The van der Waals surface area contributed by atoms with E-state index in [1.807, 2.05) is 18.2 Å². The molecule has 4 atom stereocenters. The van der Waals surface area contributed by atoms with E-state index in [0.29, 0.717) is 11.3 Å². The van der Waals surface area contributed by atoms with Gasteiger partial charge in [0, 0.05) is 58.1 Å². The molecular formula is C29H32BrN7O6. The molecule has 13 nitrogen and oxygen atoms in total. The molecular weight excluding hydrogens is 622 g/mol. The summed E-state index contributed by atoms with van der Waals surface area (Å²) in [5, 5.41) is 38.2. The first kappa shape index (κ1) is 31.3. The molecule has 0 aliphatic carbocycles. The number of rotatable bonds is 12. The molecule has 0 fully saturated rings. The molecule has 0 aliphatic rings. The number of aliphatic hydroxyl groups is 1. The number of nitrogens with zero attached hydrogens (tertiary/aromatic N) is 1. The Morgan fingerprint density at radius 2 is 1.74 bits per heavy atom. The van der Waals surface area contributed by atoms with Crippen molar-refractivity contribution < 1.29 is 29.7 Å². The van der Waals surface area contributed by atoms with E-state index in [0.717, 1.165) is 20.9 Å². The van der Waals surface area contributed by atoms with Crippen LogP contribution in [0.25, 0.3) is 17.0 Å². The molecule has 43 heavy (non-hydrogen) atoms. The van der Waals surface area contributed by atoms with Crippen LogP contribution >= 0.6 is 15.9 Å². The number of hydrogen-bond acceptors (Lipinski definition) is 8. The van der Waals surface area contributed by atoms with Crippen LogP contribution in [0.2, 0.25) is 0 Å². The summed E-state index contributed by atoms with van der Waals surface area (Å²) in [5.41, 5.74) is 8.50. The molecule has 226 valence electrons. The summed E-state index contributed by atoms with van der Waals surface area (Å²) in [4.78, 5) is 49.5. The lowest BCUT2D eigenvalue weighted by Crippen LogP contribution is -2.58. The first-order chi connectivity index (χ1) is 20.5. The molecule has 4 aromatic rings. The fourth-order valence-electron chi connectivity index (χ4n) is 4.30. The Labute approximate surface area is 254 Å². The molecule has 4 rings (SSSR count). The van der Waals surface area contributed by atoms with Gasteiger partial charge in [-0.3, -0.25) is 14.4 Å². The van der Waals surface area contributed by atoms with Crippen LogP contribution in [-0.4, -0.2) is 72.2 Å². The number of amides is 3. The number of halogens is 1. The highest BCUT2D eigenvalue weighted by Crippen LogP contribution is 2.26. The second-order valence-corrected chi connectivity index (χ2v) is 10.9. The minimum Gasteiger partial charge on any atom is -0.504 e. The lowest BCUT2D eigenvalue weighted by Gasteiger charge is -2.24. The second kappa shape index (κ2) is 14.0. The largest absolute Gasteiger partial charge is 0.504 e. The minimum atomic E-state index is -1.32. The number of carbonyl (C=O) groups excluding carboxylic acids is 3. The number of aromatic hydroxyl groups is 2. The molecule has 10 N–H and O–H groups in total. The first-order valence-corrected chi connectivity index (χ1v) is 14.1. The topological polar surface area (TPSA) is 218 Å². The minimum absolute atomic E-state index is 0.0559. The summed E-state index contributed by atoms with van der Waals surface area (Å²) in [6, 6.07) is 6.09. The van der Waals surface area contributed by atoms with E-state index in [4.69, 9.17) is 5.73 Å². The molecule has 0 saturated carbocycles. The molecule has 0 saturated heterocycles. The summed E-state index contributed by atoms with van der Waals surface area (Å²) in [6.45, 7) is 1.34. The second-order valence-electron chi connectivity index (χ2n) is 9.97. The van der Waals surface area contributed by atoms with Gasteiger partial charge in [0.25, 0.3) is 0 Å². The smallest absolute Gasteiger partial charge is 0.246 e. The highest BCUT2D eigenvalue weighted by atomic mass is 79.9. The molecule has 0 radical (unpaired) electrons. The molecule has 0 aliphatic heterocycles. The van der Waals surface area contributed by atoms with Crippen molar-refractivity contribution in [3.05, 3.63) is 82.6 Å². The van der Waals surface area contributed by atoms with Crippen molar-refractivity contribution in [2.45, 2.75) is 44.0 Å². The van der Waals surface area contributed by atoms with E-state index >= 15 is 0 Å². The van der Waals surface area contributed by atoms with Crippen LogP contribution in [0.1, 0.15) is 23.7 Å². The van der Waals surface area contributed by atoms with Crippen LogP contribution in [0.15, 0.2) is 65.8 Å². The lowest BCUT2D eigenvalue weighted by atomic mass is 10.0.